The maximum absolute atomic E-state index is 10.8. The molecule has 19 heavy (non-hydrogen) atoms. The van der Waals surface area contributed by atoms with E-state index in [2.05, 4.69) is 4.98 Å². The fourth-order valence-corrected chi connectivity index (χ4v) is 3.56. The summed E-state index contributed by atoms with van der Waals surface area (Å²) in [6.07, 6.45) is -0.594. The van der Waals surface area contributed by atoms with E-state index in [-0.39, 0.29) is 37.7 Å². The van der Waals surface area contributed by atoms with E-state index in [0.717, 1.165) is 22.0 Å². The summed E-state index contributed by atoms with van der Waals surface area (Å²) >= 11 is 2.19. The molecule has 1 aromatic heterocycles. The molecule has 94 valence electrons. The number of carbonyl (C=O) groups excluding carboxylic acids is 2. The first-order valence-corrected chi connectivity index (χ1v) is 6.69. The minimum absolute atomic E-state index is 0. The predicted molar refractivity (Wildman–Crippen MR) is 69.7 cm³/mol. The first-order chi connectivity index (χ1) is 8.56. The number of aliphatic carboxylic acids is 2. The monoisotopic (exact) mass is 321 g/mol. The smallest absolute Gasteiger partial charge is 0.550 e. The summed E-state index contributed by atoms with van der Waals surface area (Å²) in [4.78, 5) is 25.5. The third kappa shape index (κ3) is 4.61. The molecule has 0 radical (unpaired) electrons. The Morgan fingerprint density at radius 2 is 2.00 bits per heavy atom. The molecule has 0 spiro atoms. The summed E-state index contributed by atoms with van der Waals surface area (Å²) in [5.74, 6) is -2.85. The van der Waals surface area contributed by atoms with Crippen molar-refractivity contribution in [3.63, 3.8) is 0 Å². The van der Waals surface area contributed by atoms with Crippen molar-refractivity contribution >= 4 is 83.0 Å². The third-order valence-electron chi connectivity index (χ3n) is 2.13. The van der Waals surface area contributed by atoms with Gasteiger partial charge in [-0.15, -0.1) is 11.3 Å². The number of carboxylic acid groups (broad SMARTS) is 2. The molecule has 1 aromatic carbocycles. The Hall–Kier alpha value is -0.340. The average Bonchev–Trinajstić information content (AvgIpc) is 2.69. The van der Waals surface area contributed by atoms with Crippen molar-refractivity contribution in [3.8, 4) is 0 Å². The molecule has 1 unspecified atom stereocenters. The predicted octanol–water partition coefficient (Wildman–Crippen LogP) is -0.734. The van der Waals surface area contributed by atoms with Crippen LogP contribution in [-0.4, -0.2) is 59.9 Å². The standard InChI is InChI=1S/C11H9NO4S2.Ca/c13-9(14)5-8(10(15)16)18-11-12-6-3-1-2-4-7(6)17-11;/h1-4,8H,5H2,(H,13,14)(H,15,16);/q;+2/p-2. The van der Waals surface area contributed by atoms with Gasteiger partial charge in [0.1, 0.15) is 0 Å². The minimum Gasteiger partial charge on any atom is -0.550 e. The molecular formula is C11H7CaNO4S2. The summed E-state index contributed by atoms with van der Waals surface area (Å²) in [6, 6.07) is 7.35. The van der Waals surface area contributed by atoms with Gasteiger partial charge in [-0.2, -0.15) is 0 Å². The van der Waals surface area contributed by atoms with Crippen LogP contribution in [0.15, 0.2) is 28.6 Å². The van der Waals surface area contributed by atoms with Crippen LogP contribution in [0.1, 0.15) is 6.42 Å². The molecule has 0 aliphatic rings. The molecule has 0 aliphatic heterocycles. The van der Waals surface area contributed by atoms with Crippen molar-refractivity contribution in [1.29, 1.82) is 0 Å². The molecule has 5 nitrogen and oxygen atoms in total. The summed E-state index contributed by atoms with van der Waals surface area (Å²) in [6.45, 7) is 0. The van der Waals surface area contributed by atoms with Gasteiger partial charge in [0.2, 0.25) is 0 Å². The Bertz CT molecular complexity index is 568. The molecule has 0 N–H and O–H groups in total. The second-order valence-electron chi connectivity index (χ2n) is 3.45. The number of nitrogens with zero attached hydrogens (tertiary/aromatic N) is 1. The zero-order valence-electron chi connectivity index (χ0n) is 9.70. The van der Waals surface area contributed by atoms with Crippen molar-refractivity contribution in [1.82, 2.24) is 4.98 Å². The Morgan fingerprint density at radius 1 is 1.32 bits per heavy atom. The molecule has 0 amide bonds. The van der Waals surface area contributed by atoms with E-state index < -0.39 is 23.6 Å². The number of benzene rings is 1. The van der Waals surface area contributed by atoms with Crippen molar-refractivity contribution in [2.75, 3.05) is 0 Å². The molecule has 0 aliphatic carbocycles. The summed E-state index contributed by atoms with van der Waals surface area (Å²) in [7, 11) is 0. The van der Waals surface area contributed by atoms with Gasteiger partial charge < -0.3 is 19.8 Å². The van der Waals surface area contributed by atoms with Crippen molar-refractivity contribution in [3.05, 3.63) is 24.3 Å². The molecule has 0 bridgehead atoms. The van der Waals surface area contributed by atoms with Gasteiger partial charge in [0.15, 0.2) is 4.34 Å². The van der Waals surface area contributed by atoms with E-state index in [9.17, 15) is 19.8 Å². The van der Waals surface area contributed by atoms with Gasteiger partial charge in [-0.05, 0) is 12.1 Å². The van der Waals surface area contributed by atoms with Crippen LogP contribution in [-0.2, 0) is 9.59 Å². The number of aromatic nitrogens is 1. The van der Waals surface area contributed by atoms with E-state index in [4.69, 9.17) is 0 Å². The van der Waals surface area contributed by atoms with Gasteiger partial charge in [-0.3, -0.25) is 0 Å². The van der Waals surface area contributed by atoms with Crippen LogP contribution in [0.25, 0.3) is 10.2 Å². The summed E-state index contributed by atoms with van der Waals surface area (Å²) < 4.78 is 1.43. The van der Waals surface area contributed by atoms with Gasteiger partial charge in [-0.25, -0.2) is 4.98 Å². The first-order valence-electron chi connectivity index (χ1n) is 4.99. The molecular weight excluding hydrogens is 314 g/mol. The van der Waals surface area contributed by atoms with E-state index in [1.165, 1.54) is 11.3 Å². The van der Waals surface area contributed by atoms with Crippen molar-refractivity contribution < 1.29 is 19.8 Å². The Morgan fingerprint density at radius 3 is 2.58 bits per heavy atom. The summed E-state index contributed by atoms with van der Waals surface area (Å²) in [5.41, 5.74) is 0.760. The zero-order chi connectivity index (χ0) is 13.1. The average molecular weight is 321 g/mol. The number of carbonyl (C=O) groups is 2. The van der Waals surface area contributed by atoms with Gasteiger partial charge in [0.05, 0.1) is 21.4 Å². The molecule has 8 heteroatoms. The number of para-hydroxylation sites is 1. The maximum atomic E-state index is 10.8. The van der Waals surface area contributed by atoms with E-state index >= 15 is 0 Å². The largest absolute Gasteiger partial charge is 2.00 e. The Labute approximate surface area is 147 Å². The van der Waals surface area contributed by atoms with Crippen LogP contribution in [0.3, 0.4) is 0 Å². The van der Waals surface area contributed by atoms with Crippen LogP contribution in [0.2, 0.25) is 0 Å². The second kappa shape index (κ2) is 7.44. The number of hydrogen-bond donors (Lipinski definition) is 0. The molecule has 1 atom stereocenters. The quantitative estimate of drug-likeness (QED) is 0.532. The van der Waals surface area contributed by atoms with Gasteiger partial charge >= 0.3 is 37.7 Å². The van der Waals surface area contributed by atoms with Crippen LogP contribution >= 0.6 is 23.1 Å². The fraction of sp³-hybridized carbons (Fsp3) is 0.182. The minimum atomic E-state index is -1.43. The molecule has 0 saturated heterocycles. The number of fused-ring (bicyclic) bond motifs is 1. The Kier molecular flexibility index (Phi) is 6.55. The number of hydrogen-bond acceptors (Lipinski definition) is 7. The fourth-order valence-electron chi connectivity index (χ4n) is 1.35. The van der Waals surface area contributed by atoms with E-state index in [1.807, 2.05) is 24.3 Å². The van der Waals surface area contributed by atoms with Gasteiger partial charge in [0.25, 0.3) is 0 Å². The topological polar surface area (TPSA) is 93.2 Å². The zero-order valence-corrected chi connectivity index (χ0v) is 13.5. The number of rotatable bonds is 5. The van der Waals surface area contributed by atoms with Gasteiger partial charge in [-0.1, -0.05) is 23.9 Å². The van der Waals surface area contributed by atoms with E-state index in [1.54, 1.807) is 0 Å². The molecule has 2 rings (SSSR count). The van der Waals surface area contributed by atoms with Crippen LogP contribution in [0.4, 0.5) is 0 Å². The van der Waals surface area contributed by atoms with Crippen LogP contribution in [0, 0.1) is 0 Å². The normalized spacial score (nSPS) is 11.8. The Balaban J connectivity index is 0.00000180. The second-order valence-corrected chi connectivity index (χ2v) is 5.93. The first kappa shape index (κ1) is 16.7. The number of thioether (sulfide) groups is 1. The molecule has 2 aromatic rings. The third-order valence-corrected chi connectivity index (χ3v) is 4.44. The molecule has 0 fully saturated rings. The maximum Gasteiger partial charge on any atom is 2.00 e. The van der Waals surface area contributed by atoms with E-state index in [0.29, 0.717) is 4.34 Å². The molecule has 1 heterocycles. The van der Waals surface area contributed by atoms with Crippen LogP contribution < -0.4 is 10.2 Å². The number of thiazole rings is 1. The van der Waals surface area contributed by atoms with Gasteiger partial charge in [0, 0.05) is 12.4 Å². The summed E-state index contributed by atoms with van der Waals surface area (Å²) in [5, 5.41) is 20.1. The molecule has 0 saturated carbocycles. The SMILES string of the molecule is O=C([O-])CC(Sc1nc2ccccc2s1)C(=O)[O-].[Ca+2]. The van der Waals surface area contributed by atoms with Crippen molar-refractivity contribution in [2.45, 2.75) is 16.0 Å². The van der Waals surface area contributed by atoms with Crippen molar-refractivity contribution in [2.24, 2.45) is 0 Å². The van der Waals surface area contributed by atoms with Crippen LogP contribution in [0.5, 0.6) is 0 Å². The number of carboxylic acids is 2.